The van der Waals surface area contributed by atoms with Crippen LogP contribution in [0.2, 0.25) is 10.0 Å². The van der Waals surface area contributed by atoms with Gasteiger partial charge in [-0.1, -0.05) is 23.2 Å². The minimum Gasteiger partial charge on any atom is -0.375 e. The SMILES string of the molecule is CC(Nc1c(Cl)cc(Cl)c2c1N=S=N2)c1cncc(F)c1. The molecule has 1 aromatic heterocycles. The molecule has 2 heterocycles. The predicted molar refractivity (Wildman–Crippen MR) is 84.2 cm³/mol. The predicted octanol–water partition coefficient (Wildman–Crippen LogP) is 5.43. The molecule has 0 bridgehead atoms. The number of anilines is 1. The van der Waals surface area contributed by atoms with E-state index in [4.69, 9.17) is 23.2 Å². The van der Waals surface area contributed by atoms with Gasteiger partial charge in [0, 0.05) is 6.20 Å². The Morgan fingerprint density at radius 3 is 2.67 bits per heavy atom. The van der Waals surface area contributed by atoms with Crippen molar-refractivity contribution in [2.75, 3.05) is 5.32 Å². The fraction of sp³-hybridized carbons (Fsp3) is 0.154. The molecule has 8 heteroatoms. The molecule has 1 unspecified atom stereocenters. The lowest BCUT2D eigenvalue weighted by atomic mass is 10.1. The van der Waals surface area contributed by atoms with E-state index in [1.165, 1.54) is 6.07 Å². The molecule has 0 aliphatic carbocycles. The Morgan fingerprint density at radius 1 is 1.14 bits per heavy atom. The van der Waals surface area contributed by atoms with Crippen LogP contribution in [0, 0.1) is 5.82 Å². The first-order chi connectivity index (χ1) is 10.1. The molecule has 2 aromatic rings. The van der Waals surface area contributed by atoms with E-state index in [9.17, 15) is 4.39 Å². The number of nitrogens with one attached hydrogen (secondary N) is 1. The van der Waals surface area contributed by atoms with Gasteiger partial charge >= 0.3 is 0 Å². The summed E-state index contributed by atoms with van der Waals surface area (Å²) in [5.74, 6) is -0.385. The smallest absolute Gasteiger partial charge is 0.141 e. The summed E-state index contributed by atoms with van der Waals surface area (Å²) in [6.45, 7) is 1.88. The van der Waals surface area contributed by atoms with Gasteiger partial charge < -0.3 is 5.32 Å². The van der Waals surface area contributed by atoms with E-state index in [0.29, 0.717) is 32.7 Å². The Kier molecular flexibility index (Phi) is 3.93. The molecule has 0 fully saturated rings. The van der Waals surface area contributed by atoms with Crippen molar-refractivity contribution in [3.8, 4) is 0 Å². The number of hydrogen-bond donors (Lipinski definition) is 1. The van der Waals surface area contributed by atoms with Crippen molar-refractivity contribution in [3.63, 3.8) is 0 Å². The third-order valence-electron chi connectivity index (χ3n) is 3.03. The van der Waals surface area contributed by atoms with E-state index in [1.54, 1.807) is 12.3 Å². The van der Waals surface area contributed by atoms with Crippen molar-refractivity contribution in [1.82, 2.24) is 4.98 Å². The van der Waals surface area contributed by atoms with E-state index in [-0.39, 0.29) is 11.9 Å². The highest BCUT2D eigenvalue weighted by atomic mass is 35.5. The average molecular weight is 343 g/mol. The summed E-state index contributed by atoms with van der Waals surface area (Å²) < 4.78 is 21.6. The van der Waals surface area contributed by atoms with Crippen LogP contribution in [0.15, 0.2) is 33.3 Å². The standard InChI is InChI=1S/C13H9Cl2FN4S/c1-6(7-2-8(16)5-17-4-7)18-11-9(14)3-10(15)12-13(11)20-21-19-12/h2-6,18H,1H3. The molecule has 0 spiro atoms. The van der Waals surface area contributed by atoms with E-state index in [2.05, 4.69) is 19.0 Å². The van der Waals surface area contributed by atoms with Crippen molar-refractivity contribution in [3.05, 3.63) is 46.0 Å². The van der Waals surface area contributed by atoms with Gasteiger partial charge in [-0.3, -0.25) is 4.98 Å². The first-order valence-electron chi connectivity index (χ1n) is 6.03. The van der Waals surface area contributed by atoms with Crippen molar-refractivity contribution < 1.29 is 4.39 Å². The van der Waals surface area contributed by atoms with E-state index in [0.717, 1.165) is 17.6 Å². The molecule has 108 valence electrons. The van der Waals surface area contributed by atoms with Crippen molar-refractivity contribution in [2.45, 2.75) is 13.0 Å². The second-order valence-electron chi connectivity index (χ2n) is 4.48. The van der Waals surface area contributed by atoms with Crippen molar-refractivity contribution in [2.24, 2.45) is 8.73 Å². The van der Waals surface area contributed by atoms with Crippen LogP contribution in [0.3, 0.4) is 0 Å². The zero-order valence-electron chi connectivity index (χ0n) is 10.8. The fourth-order valence-corrected chi connectivity index (χ4v) is 3.14. The summed E-state index contributed by atoms with van der Waals surface area (Å²) in [4.78, 5) is 3.84. The van der Waals surface area contributed by atoms with Crippen molar-refractivity contribution in [1.29, 1.82) is 0 Å². The third kappa shape index (κ3) is 2.79. The monoisotopic (exact) mass is 342 g/mol. The number of hydrogen-bond acceptors (Lipinski definition) is 4. The Balaban J connectivity index is 1.96. The van der Waals surface area contributed by atoms with E-state index in [1.807, 2.05) is 6.92 Å². The first-order valence-corrected chi connectivity index (χ1v) is 7.52. The van der Waals surface area contributed by atoms with Gasteiger partial charge in [0.05, 0.1) is 39.3 Å². The second kappa shape index (κ2) is 5.71. The quantitative estimate of drug-likeness (QED) is 0.690. The molecule has 1 aromatic carbocycles. The highest BCUT2D eigenvalue weighted by Gasteiger charge is 2.20. The summed E-state index contributed by atoms with van der Waals surface area (Å²) in [5.41, 5.74) is 2.53. The summed E-state index contributed by atoms with van der Waals surface area (Å²) in [6.07, 6.45) is 2.76. The van der Waals surface area contributed by atoms with Gasteiger partial charge in [0.25, 0.3) is 0 Å². The molecular formula is C13H9Cl2FN4S. The Labute approximate surface area is 134 Å². The molecule has 1 aliphatic rings. The average Bonchev–Trinajstić information content (AvgIpc) is 2.93. The topological polar surface area (TPSA) is 49.6 Å². The van der Waals surface area contributed by atoms with Gasteiger partial charge in [-0.25, -0.2) is 4.39 Å². The Bertz CT molecular complexity index is 790. The summed E-state index contributed by atoms with van der Waals surface area (Å²) in [7, 11) is 0. The van der Waals surface area contributed by atoms with Crippen LogP contribution in [-0.2, 0) is 11.4 Å². The second-order valence-corrected chi connectivity index (χ2v) is 5.82. The van der Waals surface area contributed by atoms with Gasteiger partial charge in [0.15, 0.2) is 0 Å². The maximum atomic E-state index is 13.2. The zero-order chi connectivity index (χ0) is 15.0. The molecule has 1 N–H and O–H groups in total. The van der Waals surface area contributed by atoms with Crippen molar-refractivity contribution >= 4 is 51.6 Å². The molecule has 21 heavy (non-hydrogen) atoms. The first kappa shape index (κ1) is 14.4. The molecule has 0 saturated heterocycles. The number of benzene rings is 1. The fourth-order valence-electron chi connectivity index (χ4n) is 1.98. The molecule has 1 atom stereocenters. The van der Waals surface area contributed by atoms with E-state index >= 15 is 0 Å². The summed E-state index contributed by atoms with van der Waals surface area (Å²) in [6, 6.07) is 2.84. The number of aromatic nitrogens is 1. The largest absolute Gasteiger partial charge is 0.375 e. The third-order valence-corrected chi connectivity index (χ3v) is 4.15. The van der Waals surface area contributed by atoms with Crippen LogP contribution in [0.4, 0.5) is 21.5 Å². The summed E-state index contributed by atoms with van der Waals surface area (Å²) in [5, 5.41) is 4.11. The van der Waals surface area contributed by atoms with Crippen LogP contribution >= 0.6 is 23.2 Å². The maximum Gasteiger partial charge on any atom is 0.141 e. The number of fused-ring (bicyclic) bond motifs is 1. The lowest BCUT2D eigenvalue weighted by molar-refractivity contribution is 0.616. The van der Waals surface area contributed by atoms with Gasteiger partial charge in [-0.2, -0.15) is 8.73 Å². The number of pyridine rings is 1. The number of rotatable bonds is 3. The number of nitrogens with zero attached hydrogens (tertiary/aromatic N) is 3. The van der Waals surface area contributed by atoms with Gasteiger partial charge in [0.1, 0.15) is 17.2 Å². The van der Waals surface area contributed by atoms with Crippen LogP contribution in [0.5, 0.6) is 0 Å². The van der Waals surface area contributed by atoms with Gasteiger partial charge in [-0.05, 0) is 24.6 Å². The van der Waals surface area contributed by atoms with Crippen LogP contribution in [0.25, 0.3) is 0 Å². The van der Waals surface area contributed by atoms with Gasteiger partial charge in [0.2, 0.25) is 0 Å². The Hall–Kier alpha value is -1.50. The molecule has 1 aliphatic heterocycles. The maximum absolute atomic E-state index is 13.2. The molecule has 4 nitrogen and oxygen atoms in total. The lowest BCUT2D eigenvalue weighted by Gasteiger charge is -2.18. The summed E-state index contributed by atoms with van der Waals surface area (Å²) >= 11 is 13.4. The van der Waals surface area contributed by atoms with Gasteiger partial charge in [-0.15, -0.1) is 0 Å². The molecule has 0 amide bonds. The van der Waals surface area contributed by atoms with Crippen LogP contribution in [-0.4, -0.2) is 4.98 Å². The van der Waals surface area contributed by atoms with E-state index < -0.39 is 0 Å². The molecular weight excluding hydrogens is 334 g/mol. The minimum atomic E-state index is -0.385. The Morgan fingerprint density at radius 2 is 1.90 bits per heavy atom. The highest BCUT2D eigenvalue weighted by molar-refractivity contribution is 7.58. The minimum absolute atomic E-state index is 0.197. The zero-order valence-corrected chi connectivity index (χ0v) is 13.1. The molecule has 0 saturated carbocycles. The number of halogens is 3. The lowest BCUT2D eigenvalue weighted by Crippen LogP contribution is -2.08. The van der Waals surface area contributed by atoms with Crippen LogP contribution < -0.4 is 5.32 Å². The molecule has 0 radical (unpaired) electrons. The van der Waals surface area contributed by atoms with Crippen LogP contribution in [0.1, 0.15) is 18.5 Å². The normalized spacial score (nSPS) is 13.7. The molecule has 3 rings (SSSR count). The highest BCUT2D eigenvalue weighted by Crippen LogP contribution is 2.48.